The molecule has 3 aliphatic heterocycles. The molecule has 0 unspecified atom stereocenters. The second kappa shape index (κ2) is 4.13. The molecule has 0 aliphatic carbocycles. The Hall–Kier alpha value is -2.24. The smallest absolute Gasteiger partial charge is 0.235 e. The van der Waals surface area contributed by atoms with Crippen LogP contribution in [-0.4, -0.2) is 45.6 Å². The van der Waals surface area contributed by atoms with Gasteiger partial charge in [-0.25, -0.2) is 0 Å². The van der Waals surface area contributed by atoms with Gasteiger partial charge in [-0.05, 0) is 18.1 Å². The van der Waals surface area contributed by atoms with E-state index >= 15 is 0 Å². The predicted molar refractivity (Wildman–Crippen MR) is 71.6 cm³/mol. The fourth-order valence-electron chi connectivity index (χ4n) is 4.13. The van der Waals surface area contributed by atoms with Gasteiger partial charge in [0.1, 0.15) is 0 Å². The number of carbonyl (C=O) groups is 3. The second-order valence-corrected chi connectivity index (χ2v) is 5.93. The van der Waals surface area contributed by atoms with Crippen LogP contribution in [-0.2, 0) is 14.4 Å². The summed E-state index contributed by atoms with van der Waals surface area (Å²) < 4.78 is 0. The van der Waals surface area contributed by atoms with Crippen LogP contribution in [0.5, 0.6) is 0 Å². The van der Waals surface area contributed by atoms with Gasteiger partial charge in [0.15, 0.2) is 0 Å². The van der Waals surface area contributed by atoms with E-state index in [0.29, 0.717) is 12.8 Å². The number of amides is 3. The Balaban J connectivity index is 1.85. The average Bonchev–Trinajstić information content (AvgIpc) is 3.09. The molecule has 0 aromatic carbocycles. The number of aromatic nitrogens is 1. The molecule has 0 spiro atoms. The number of imide groups is 1. The van der Waals surface area contributed by atoms with Crippen molar-refractivity contribution in [3.63, 3.8) is 0 Å². The predicted octanol–water partition coefficient (Wildman–Crippen LogP) is 0.358. The van der Waals surface area contributed by atoms with E-state index in [-0.39, 0.29) is 35.7 Å². The molecular formula is C15H15N3O3. The fourth-order valence-corrected chi connectivity index (χ4v) is 4.13. The van der Waals surface area contributed by atoms with Gasteiger partial charge >= 0.3 is 0 Å². The summed E-state index contributed by atoms with van der Waals surface area (Å²) in [5.74, 6) is -1.14. The van der Waals surface area contributed by atoms with E-state index in [1.54, 1.807) is 23.4 Å². The third-order valence-electron chi connectivity index (χ3n) is 5.00. The van der Waals surface area contributed by atoms with Crippen molar-refractivity contribution in [2.24, 2.45) is 11.8 Å². The van der Waals surface area contributed by atoms with Gasteiger partial charge in [0.25, 0.3) is 0 Å². The van der Waals surface area contributed by atoms with Gasteiger partial charge in [0.05, 0.1) is 17.9 Å². The lowest BCUT2D eigenvalue weighted by atomic mass is 9.85. The van der Waals surface area contributed by atoms with Crippen molar-refractivity contribution < 1.29 is 14.4 Å². The molecule has 6 nitrogen and oxygen atoms in total. The molecule has 3 amide bonds. The van der Waals surface area contributed by atoms with E-state index in [0.717, 1.165) is 5.56 Å². The Morgan fingerprint density at radius 3 is 2.67 bits per heavy atom. The molecule has 21 heavy (non-hydrogen) atoms. The lowest BCUT2D eigenvalue weighted by Crippen LogP contribution is -2.39. The van der Waals surface area contributed by atoms with Crippen molar-refractivity contribution in [2.75, 3.05) is 7.05 Å². The molecule has 0 bridgehead atoms. The lowest BCUT2D eigenvalue weighted by Gasteiger charge is -2.28. The molecule has 1 aromatic rings. The van der Waals surface area contributed by atoms with Gasteiger partial charge in [-0.1, -0.05) is 6.07 Å². The SMILES string of the molecule is CN1C(=O)[C@@H]2[C@@H](C1=O)[C@H](c1cccnc1)N1C(=O)CC[C@H]21. The van der Waals surface area contributed by atoms with Crippen molar-refractivity contribution in [1.82, 2.24) is 14.8 Å². The molecule has 4 atom stereocenters. The van der Waals surface area contributed by atoms with Gasteiger partial charge in [-0.15, -0.1) is 0 Å². The average molecular weight is 285 g/mol. The summed E-state index contributed by atoms with van der Waals surface area (Å²) in [6.07, 6.45) is 4.46. The Bertz CT molecular complexity index is 645. The fraction of sp³-hybridized carbons (Fsp3) is 0.467. The van der Waals surface area contributed by atoms with Crippen LogP contribution in [0.25, 0.3) is 0 Å². The van der Waals surface area contributed by atoms with Crippen LogP contribution in [0.15, 0.2) is 24.5 Å². The Morgan fingerprint density at radius 1 is 1.19 bits per heavy atom. The van der Waals surface area contributed by atoms with Crippen LogP contribution in [0.3, 0.4) is 0 Å². The van der Waals surface area contributed by atoms with Gasteiger partial charge in [0, 0.05) is 31.9 Å². The zero-order valence-corrected chi connectivity index (χ0v) is 11.6. The molecular weight excluding hydrogens is 270 g/mol. The van der Waals surface area contributed by atoms with Crippen molar-refractivity contribution in [3.05, 3.63) is 30.1 Å². The normalized spacial score (nSPS) is 34.6. The number of hydrogen-bond acceptors (Lipinski definition) is 4. The number of fused-ring (bicyclic) bond motifs is 3. The zero-order chi connectivity index (χ0) is 14.7. The maximum atomic E-state index is 12.5. The van der Waals surface area contributed by atoms with Crippen LogP contribution >= 0.6 is 0 Å². The summed E-state index contributed by atoms with van der Waals surface area (Å²) in [5.41, 5.74) is 0.835. The Kier molecular flexibility index (Phi) is 2.46. The first-order chi connectivity index (χ1) is 10.1. The van der Waals surface area contributed by atoms with Gasteiger partial charge in [-0.2, -0.15) is 0 Å². The molecule has 4 rings (SSSR count). The first-order valence-corrected chi connectivity index (χ1v) is 7.14. The standard InChI is InChI=1S/C15H15N3O3/c1-17-14(20)11-9-4-5-10(19)18(9)13(12(11)15(17)21)8-3-2-6-16-7-8/h2-3,6-7,9,11-13H,4-5H2,1H3/t9-,11+,12-,13+/m1/s1. The topological polar surface area (TPSA) is 70.6 Å². The molecule has 0 radical (unpaired) electrons. The monoisotopic (exact) mass is 285 g/mol. The largest absolute Gasteiger partial charge is 0.331 e. The number of likely N-dealkylation sites (tertiary alicyclic amines) is 1. The van der Waals surface area contributed by atoms with Gasteiger partial charge < -0.3 is 4.90 Å². The molecule has 108 valence electrons. The van der Waals surface area contributed by atoms with E-state index in [4.69, 9.17) is 0 Å². The third kappa shape index (κ3) is 1.47. The maximum absolute atomic E-state index is 12.5. The van der Waals surface area contributed by atoms with Gasteiger partial charge in [0.2, 0.25) is 17.7 Å². The second-order valence-electron chi connectivity index (χ2n) is 5.93. The molecule has 0 saturated carbocycles. The minimum absolute atomic E-state index is 0.0338. The van der Waals surface area contributed by atoms with Crippen LogP contribution < -0.4 is 0 Å². The number of carbonyl (C=O) groups excluding carboxylic acids is 3. The van der Waals surface area contributed by atoms with Crippen molar-refractivity contribution in [1.29, 1.82) is 0 Å². The number of nitrogens with zero attached hydrogens (tertiary/aromatic N) is 3. The van der Waals surface area contributed by atoms with Crippen LogP contribution in [0.2, 0.25) is 0 Å². The summed E-state index contributed by atoms with van der Waals surface area (Å²) >= 11 is 0. The first kappa shape index (κ1) is 12.5. The highest BCUT2D eigenvalue weighted by Crippen LogP contribution is 2.52. The van der Waals surface area contributed by atoms with Crippen LogP contribution in [0, 0.1) is 11.8 Å². The minimum atomic E-state index is -0.457. The molecule has 6 heteroatoms. The highest BCUT2D eigenvalue weighted by atomic mass is 16.2. The molecule has 3 fully saturated rings. The van der Waals surface area contributed by atoms with Gasteiger partial charge in [-0.3, -0.25) is 24.3 Å². The van der Waals surface area contributed by atoms with E-state index in [1.165, 1.54) is 11.9 Å². The summed E-state index contributed by atoms with van der Waals surface area (Å²) in [6.45, 7) is 0. The zero-order valence-electron chi connectivity index (χ0n) is 11.6. The minimum Gasteiger partial charge on any atom is -0.331 e. The lowest BCUT2D eigenvalue weighted by molar-refractivity contribution is -0.140. The van der Waals surface area contributed by atoms with Crippen molar-refractivity contribution in [2.45, 2.75) is 24.9 Å². The quantitative estimate of drug-likeness (QED) is 0.698. The number of rotatable bonds is 1. The summed E-state index contributed by atoms with van der Waals surface area (Å²) in [7, 11) is 1.53. The van der Waals surface area contributed by atoms with E-state index in [2.05, 4.69) is 4.98 Å². The van der Waals surface area contributed by atoms with Crippen molar-refractivity contribution in [3.8, 4) is 0 Å². The summed E-state index contributed by atoms with van der Waals surface area (Å²) in [6, 6.07) is 3.17. The highest BCUT2D eigenvalue weighted by Gasteiger charge is 2.64. The van der Waals surface area contributed by atoms with E-state index < -0.39 is 5.92 Å². The Labute approximate surface area is 121 Å². The van der Waals surface area contributed by atoms with Crippen LogP contribution in [0.1, 0.15) is 24.4 Å². The molecule has 4 heterocycles. The molecule has 0 N–H and O–H groups in total. The highest BCUT2D eigenvalue weighted by molar-refractivity contribution is 6.07. The summed E-state index contributed by atoms with van der Waals surface area (Å²) in [5, 5.41) is 0. The molecule has 3 aliphatic rings. The summed E-state index contributed by atoms with van der Waals surface area (Å²) in [4.78, 5) is 44.2. The van der Waals surface area contributed by atoms with E-state index in [1.807, 2.05) is 6.07 Å². The molecule has 1 aromatic heterocycles. The maximum Gasteiger partial charge on any atom is 0.235 e. The number of pyridine rings is 1. The van der Waals surface area contributed by atoms with Crippen LogP contribution in [0.4, 0.5) is 0 Å². The van der Waals surface area contributed by atoms with E-state index in [9.17, 15) is 14.4 Å². The van der Waals surface area contributed by atoms with Crippen molar-refractivity contribution >= 4 is 17.7 Å². The number of hydrogen-bond donors (Lipinski definition) is 0. The third-order valence-corrected chi connectivity index (χ3v) is 5.00. The first-order valence-electron chi connectivity index (χ1n) is 7.14. The Morgan fingerprint density at radius 2 is 1.95 bits per heavy atom. The molecule has 3 saturated heterocycles.